The first kappa shape index (κ1) is 15.1. The standard InChI is InChI=1S/C15H15O5P/c16-15(17)11-12-21(18,19-13-7-3-1-4-8-13)20-14-9-5-2-6-10-14/h1-10H,11-12H2,(H,16,17). The van der Waals surface area contributed by atoms with Crippen molar-refractivity contribution in [1.82, 2.24) is 0 Å². The summed E-state index contributed by atoms with van der Waals surface area (Å²) in [7, 11) is -3.60. The van der Waals surface area contributed by atoms with Crippen molar-refractivity contribution in [2.45, 2.75) is 6.42 Å². The Kier molecular flexibility index (Phi) is 5.01. The van der Waals surface area contributed by atoms with Crippen LogP contribution in [0.1, 0.15) is 6.42 Å². The van der Waals surface area contributed by atoms with E-state index < -0.39 is 13.6 Å². The maximum atomic E-state index is 12.7. The van der Waals surface area contributed by atoms with Crippen molar-refractivity contribution >= 4 is 13.6 Å². The third kappa shape index (κ3) is 4.97. The molecular weight excluding hydrogens is 291 g/mol. The van der Waals surface area contributed by atoms with Crippen LogP contribution in [0, 0.1) is 0 Å². The maximum Gasteiger partial charge on any atom is 0.431 e. The fourth-order valence-corrected chi connectivity index (χ4v) is 3.20. The van der Waals surface area contributed by atoms with Gasteiger partial charge in [0.25, 0.3) is 0 Å². The number of aliphatic carboxylic acids is 1. The lowest BCUT2D eigenvalue weighted by Gasteiger charge is -2.19. The average Bonchev–Trinajstić information content (AvgIpc) is 2.47. The largest absolute Gasteiger partial charge is 0.481 e. The monoisotopic (exact) mass is 306 g/mol. The van der Waals surface area contributed by atoms with Gasteiger partial charge in [0, 0.05) is 0 Å². The molecular formula is C15H15O5P. The summed E-state index contributed by atoms with van der Waals surface area (Å²) < 4.78 is 23.6. The van der Waals surface area contributed by atoms with Gasteiger partial charge in [0.1, 0.15) is 11.5 Å². The molecule has 2 aromatic carbocycles. The van der Waals surface area contributed by atoms with Crippen LogP contribution in [-0.4, -0.2) is 17.2 Å². The highest BCUT2D eigenvalue weighted by atomic mass is 31.2. The molecule has 5 nitrogen and oxygen atoms in total. The zero-order valence-electron chi connectivity index (χ0n) is 11.2. The quantitative estimate of drug-likeness (QED) is 0.787. The number of rotatable bonds is 7. The molecule has 0 saturated heterocycles. The molecule has 6 heteroatoms. The van der Waals surface area contributed by atoms with E-state index in [0.29, 0.717) is 11.5 Å². The first-order valence-corrected chi connectivity index (χ1v) is 8.10. The van der Waals surface area contributed by atoms with Gasteiger partial charge in [-0.25, -0.2) is 4.57 Å². The molecule has 0 spiro atoms. The minimum Gasteiger partial charge on any atom is -0.481 e. The molecule has 0 fully saturated rings. The zero-order chi connectivity index (χ0) is 15.1. The van der Waals surface area contributed by atoms with Crippen LogP contribution < -0.4 is 9.05 Å². The summed E-state index contributed by atoms with van der Waals surface area (Å²) in [4.78, 5) is 10.7. The molecule has 0 aliphatic rings. The highest BCUT2D eigenvalue weighted by Gasteiger charge is 2.29. The van der Waals surface area contributed by atoms with Crippen molar-refractivity contribution in [1.29, 1.82) is 0 Å². The fourth-order valence-electron chi connectivity index (χ4n) is 1.63. The second-order valence-electron chi connectivity index (χ2n) is 4.29. The molecule has 2 rings (SSSR count). The van der Waals surface area contributed by atoms with Gasteiger partial charge in [-0.2, -0.15) is 0 Å². The molecule has 0 atom stereocenters. The van der Waals surface area contributed by atoms with Gasteiger partial charge < -0.3 is 14.2 Å². The smallest absolute Gasteiger partial charge is 0.431 e. The summed E-state index contributed by atoms with van der Waals surface area (Å²) in [5, 5.41) is 8.78. The van der Waals surface area contributed by atoms with Gasteiger partial charge in [0.05, 0.1) is 12.6 Å². The Balaban J connectivity index is 2.17. The van der Waals surface area contributed by atoms with Crippen LogP contribution in [0.25, 0.3) is 0 Å². The highest BCUT2D eigenvalue weighted by molar-refractivity contribution is 7.54. The van der Waals surface area contributed by atoms with E-state index in [1.807, 2.05) is 0 Å². The molecule has 0 aliphatic heterocycles. The first-order valence-electron chi connectivity index (χ1n) is 6.37. The number of carbonyl (C=O) groups is 1. The van der Waals surface area contributed by atoms with E-state index in [-0.39, 0.29) is 12.6 Å². The third-order valence-corrected chi connectivity index (χ3v) is 4.32. The third-order valence-electron chi connectivity index (χ3n) is 2.57. The van der Waals surface area contributed by atoms with Crippen molar-refractivity contribution in [3.8, 4) is 11.5 Å². The molecule has 0 amide bonds. The molecule has 0 saturated carbocycles. The van der Waals surface area contributed by atoms with Gasteiger partial charge in [0.15, 0.2) is 0 Å². The summed E-state index contributed by atoms with van der Waals surface area (Å²) in [6.45, 7) is 0. The molecule has 110 valence electrons. The van der Waals surface area contributed by atoms with E-state index >= 15 is 0 Å². The molecule has 0 aliphatic carbocycles. The van der Waals surface area contributed by atoms with Gasteiger partial charge in [-0.15, -0.1) is 0 Å². The zero-order valence-corrected chi connectivity index (χ0v) is 12.1. The molecule has 0 unspecified atom stereocenters. The minimum absolute atomic E-state index is 0.202. The lowest BCUT2D eigenvalue weighted by Crippen LogP contribution is -2.08. The Labute approximate surface area is 122 Å². The molecule has 2 aromatic rings. The minimum atomic E-state index is -3.60. The Morgan fingerprint density at radius 1 is 0.905 bits per heavy atom. The number of benzene rings is 2. The van der Waals surface area contributed by atoms with Crippen LogP contribution in [-0.2, 0) is 9.36 Å². The first-order chi connectivity index (χ1) is 10.1. The number of carboxylic acid groups (broad SMARTS) is 1. The molecule has 21 heavy (non-hydrogen) atoms. The normalized spacial score (nSPS) is 10.9. The average molecular weight is 306 g/mol. The molecule has 0 heterocycles. The van der Waals surface area contributed by atoms with Gasteiger partial charge in [-0.05, 0) is 24.3 Å². The van der Waals surface area contributed by atoms with Crippen molar-refractivity contribution in [3.63, 3.8) is 0 Å². The van der Waals surface area contributed by atoms with Gasteiger partial charge in [-0.3, -0.25) is 4.79 Å². The second kappa shape index (κ2) is 6.95. The predicted molar refractivity (Wildman–Crippen MR) is 78.9 cm³/mol. The Bertz CT molecular complexity index is 582. The van der Waals surface area contributed by atoms with Crippen LogP contribution in [0.5, 0.6) is 11.5 Å². The van der Waals surface area contributed by atoms with E-state index in [4.69, 9.17) is 14.2 Å². The van der Waals surface area contributed by atoms with E-state index in [1.54, 1.807) is 60.7 Å². The Hall–Kier alpha value is -2.26. The van der Waals surface area contributed by atoms with E-state index in [0.717, 1.165) is 0 Å². The second-order valence-corrected chi connectivity index (χ2v) is 6.32. The van der Waals surface area contributed by atoms with Gasteiger partial charge in [-0.1, -0.05) is 36.4 Å². The van der Waals surface area contributed by atoms with Crippen LogP contribution in [0.15, 0.2) is 60.7 Å². The molecule has 1 N–H and O–H groups in total. The van der Waals surface area contributed by atoms with Gasteiger partial charge in [0.2, 0.25) is 0 Å². The van der Waals surface area contributed by atoms with Gasteiger partial charge >= 0.3 is 13.6 Å². The summed E-state index contributed by atoms with van der Waals surface area (Å²) in [5.41, 5.74) is 0. The summed E-state index contributed by atoms with van der Waals surface area (Å²) in [6.07, 6.45) is -0.497. The Morgan fingerprint density at radius 3 is 1.71 bits per heavy atom. The number of hydrogen-bond acceptors (Lipinski definition) is 4. The van der Waals surface area contributed by atoms with Crippen molar-refractivity contribution in [3.05, 3.63) is 60.7 Å². The van der Waals surface area contributed by atoms with Crippen molar-refractivity contribution in [2.24, 2.45) is 0 Å². The predicted octanol–water partition coefficient (Wildman–Crippen LogP) is 3.81. The van der Waals surface area contributed by atoms with E-state index in [1.165, 1.54) is 0 Å². The van der Waals surface area contributed by atoms with E-state index in [2.05, 4.69) is 0 Å². The van der Waals surface area contributed by atoms with Crippen molar-refractivity contribution < 1.29 is 23.5 Å². The fraction of sp³-hybridized carbons (Fsp3) is 0.133. The highest BCUT2D eigenvalue weighted by Crippen LogP contribution is 2.48. The maximum absolute atomic E-state index is 12.7. The number of hydrogen-bond donors (Lipinski definition) is 1. The topological polar surface area (TPSA) is 72.8 Å². The van der Waals surface area contributed by atoms with Crippen LogP contribution >= 0.6 is 7.60 Å². The lowest BCUT2D eigenvalue weighted by atomic mass is 10.3. The molecule has 0 radical (unpaired) electrons. The number of carboxylic acids is 1. The van der Waals surface area contributed by atoms with Crippen molar-refractivity contribution in [2.75, 3.05) is 6.16 Å². The summed E-state index contributed by atoms with van der Waals surface area (Å²) >= 11 is 0. The summed E-state index contributed by atoms with van der Waals surface area (Å²) in [6, 6.07) is 17.1. The molecule has 0 aromatic heterocycles. The van der Waals surface area contributed by atoms with E-state index in [9.17, 15) is 9.36 Å². The summed E-state index contributed by atoms with van der Waals surface area (Å²) in [5.74, 6) is -0.298. The SMILES string of the molecule is O=C(O)CCP(=O)(Oc1ccccc1)Oc1ccccc1. The van der Waals surface area contributed by atoms with Crippen LogP contribution in [0.2, 0.25) is 0 Å². The van der Waals surface area contributed by atoms with Crippen LogP contribution in [0.3, 0.4) is 0 Å². The number of para-hydroxylation sites is 2. The van der Waals surface area contributed by atoms with Crippen LogP contribution in [0.4, 0.5) is 0 Å². The molecule has 0 bridgehead atoms. The Morgan fingerprint density at radius 2 is 1.33 bits per heavy atom. The lowest BCUT2D eigenvalue weighted by molar-refractivity contribution is -0.136.